The van der Waals surface area contributed by atoms with E-state index in [0.717, 1.165) is 11.8 Å². The second-order valence-electron chi connectivity index (χ2n) is 3.55. The molecule has 0 aliphatic heterocycles. The summed E-state index contributed by atoms with van der Waals surface area (Å²) < 4.78 is 9.33. The summed E-state index contributed by atoms with van der Waals surface area (Å²) in [6, 6.07) is 0. The summed E-state index contributed by atoms with van der Waals surface area (Å²) in [7, 11) is 0. The van der Waals surface area contributed by atoms with Gasteiger partial charge < -0.3 is 20.5 Å². The molecular weight excluding hydrogens is 395 g/mol. The largest absolute Gasteiger partial charge is 1.00 e. The Morgan fingerprint density at radius 2 is 1.42 bits per heavy atom. The summed E-state index contributed by atoms with van der Waals surface area (Å²) in [5.41, 5.74) is 21.4. The number of esters is 2. The first-order chi connectivity index (χ1) is 11.0. The molecule has 0 amide bonds. The number of ether oxygens (including phenoxy) is 2. The van der Waals surface area contributed by atoms with Crippen molar-refractivity contribution in [2.24, 2.45) is 5.11 Å². The average Bonchev–Trinajstić information content (AvgIpc) is 2.52. The van der Waals surface area contributed by atoms with E-state index < -0.39 is 0 Å². The molecule has 0 saturated heterocycles. The quantitative estimate of drug-likeness (QED) is 0.105. The molecule has 24 heavy (non-hydrogen) atoms. The van der Waals surface area contributed by atoms with E-state index in [4.69, 9.17) is 16.6 Å². The fraction of sp³-hybridized carbons (Fsp3) is 0.833. The van der Waals surface area contributed by atoms with Crippen LogP contribution in [0.2, 0.25) is 0 Å². The minimum absolute atomic E-state index is 0. The van der Waals surface area contributed by atoms with E-state index in [9.17, 15) is 9.59 Å². The Labute approximate surface area is 172 Å². The molecule has 12 heteroatoms. The van der Waals surface area contributed by atoms with Gasteiger partial charge in [0.2, 0.25) is 0 Å². The number of carbonyl (C=O) groups excluding carboxylic acids is 2. The zero-order valence-electron chi connectivity index (χ0n) is 14.4. The second kappa shape index (κ2) is 30.0. The number of azide groups is 1. The molecule has 0 radical (unpaired) electrons. The third-order valence-corrected chi connectivity index (χ3v) is 2.39. The van der Waals surface area contributed by atoms with Gasteiger partial charge in [0.05, 0.1) is 13.2 Å². The standard InChI is InChI=1S/C6H11BrO2.C6H11N3O2.N3.Na/c1-2-9-6(8)4-3-5-7;1-2-11-6(10)4-3-5-8-9-7;1-3-2;/h2-5H2,1H3;2-5H2,1H3;;/q;;-1;+1. The molecule has 0 aliphatic rings. The van der Waals surface area contributed by atoms with Crippen LogP contribution in [0, 0.1) is 0 Å². The van der Waals surface area contributed by atoms with Gasteiger partial charge in [0.1, 0.15) is 0 Å². The first kappa shape index (κ1) is 30.9. The predicted octanol–water partition coefficient (Wildman–Crippen LogP) is 1.23. The maximum absolute atomic E-state index is 10.6. The summed E-state index contributed by atoms with van der Waals surface area (Å²) in [5, 5.41) is 4.14. The van der Waals surface area contributed by atoms with Crippen LogP contribution in [0.3, 0.4) is 0 Å². The molecule has 132 valence electrons. The molecule has 0 bridgehead atoms. The number of rotatable bonds is 9. The fourth-order valence-electron chi connectivity index (χ4n) is 1.02. The molecule has 0 fully saturated rings. The van der Waals surface area contributed by atoms with Crippen LogP contribution in [0.5, 0.6) is 0 Å². The Kier molecular flexibility index (Phi) is 38.6. The predicted molar refractivity (Wildman–Crippen MR) is 89.6 cm³/mol. The molecule has 0 spiro atoms. The van der Waals surface area contributed by atoms with Crippen LogP contribution < -0.4 is 29.6 Å². The van der Waals surface area contributed by atoms with Crippen LogP contribution in [-0.2, 0) is 19.1 Å². The van der Waals surface area contributed by atoms with Crippen molar-refractivity contribution in [3.05, 3.63) is 26.4 Å². The maximum atomic E-state index is 10.6. The van der Waals surface area contributed by atoms with Gasteiger partial charge in [-0.2, -0.15) is 0 Å². The number of halogens is 1. The zero-order valence-corrected chi connectivity index (χ0v) is 17.9. The van der Waals surface area contributed by atoms with Crippen molar-refractivity contribution >= 4 is 27.9 Å². The normalized spacial score (nSPS) is 7.62. The van der Waals surface area contributed by atoms with Gasteiger partial charge in [0.15, 0.2) is 0 Å². The average molecular weight is 417 g/mol. The Morgan fingerprint density at radius 3 is 1.75 bits per heavy atom. The van der Waals surface area contributed by atoms with Crippen LogP contribution in [0.15, 0.2) is 5.11 Å². The van der Waals surface area contributed by atoms with Gasteiger partial charge in [-0.3, -0.25) is 14.5 Å². The van der Waals surface area contributed by atoms with Crippen molar-refractivity contribution in [2.75, 3.05) is 25.1 Å². The minimum atomic E-state index is -0.236. The third kappa shape index (κ3) is 37.4. The van der Waals surface area contributed by atoms with Crippen molar-refractivity contribution in [3.8, 4) is 0 Å². The number of carbonyl (C=O) groups is 2. The molecule has 0 N–H and O–H groups in total. The van der Waals surface area contributed by atoms with Gasteiger partial charge in [-0.25, -0.2) is 0 Å². The second-order valence-corrected chi connectivity index (χ2v) is 4.34. The van der Waals surface area contributed by atoms with E-state index in [1.54, 1.807) is 6.92 Å². The monoisotopic (exact) mass is 416 g/mol. The van der Waals surface area contributed by atoms with Crippen LogP contribution >= 0.6 is 15.9 Å². The summed E-state index contributed by atoms with van der Waals surface area (Å²) in [6.45, 7) is 4.81. The summed E-state index contributed by atoms with van der Waals surface area (Å²) in [4.78, 5) is 25.3. The summed E-state index contributed by atoms with van der Waals surface area (Å²) in [6.07, 6.45) is 2.27. The molecule has 0 atom stereocenters. The first-order valence-electron chi connectivity index (χ1n) is 6.90. The van der Waals surface area contributed by atoms with Gasteiger partial charge in [0, 0.05) is 29.6 Å². The molecule has 0 saturated carbocycles. The summed E-state index contributed by atoms with van der Waals surface area (Å²) in [5.74, 6) is -0.336. The Balaban J connectivity index is -0.000000140. The van der Waals surface area contributed by atoms with Crippen molar-refractivity contribution in [1.82, 2.24) is 0 Å². The van der Waals surface area contributed by atoms with E-state index in [2.05, 4.69) is 35.4 Å². The maximum Gasteiger partial charge on any atom is 1.00 e. The number of nitrogens with zero attached hydrogens (tertiary/aromatic N) is 6. The molecule has 0 rings (SSSR count). The molecule has 0 aromatic carbocycles. The Bertz CT molecular complexity index is 388. The van der Waals surface area contributed by atoms with Crippen LogP contribution in [0.25, 0.3) is 26.4 Å². The summed E-state index contributed by atoms with van der Waals surface area (Å²) >= 11 is 3.22. The van der Waals surface area contributed by atoms with Gasteiger partial charge >= 0.3 is 41.5 Å². The third-order valence-electron chi connectivity index (χ3n) is 1.83. The van der Waals surface area contributed by atoms with Crippen LogP contribution in [-0.4, -0.2) is 37.0 Å². The number of alkyl halides is 1. The van der Waals surface area contributed by atoms with E-state index in [0.29, 0.717) is 39.0 Å². The number of hydrogen-bond donors (Lipinski definition) is 0. The molecule has 10 nitrogen and oxygen atoms in total. The van der Waals surface area contributed by atoms with E-state index in [-0.39, 0.29) is 41.5 Å². The van der Waals surface area contributed by atoms with Crippen LogP contribution in [0.1, 0.15) is 39.5 Å². The molecule has 0 aliphatic carbocycles. The van der Waals surface area contributed by atoms with Crippen molar-refractivity contribution in [2.45, 2.75) is 39.5 Å². The van der Waals surface area contributed by atoms with Gasteiger partial charge in [-0.15, -0.1) is 0 Å². The first-order valence-corrected chi connectivity index (χ1v) is 8.02. The zero-order chi connectivity index (χ0) is 18.3. The fourth-order valence-corrected chi connectivity index (χ4v) is 1.30. The van der Waals surface area contributed by atoms with Crippen LogP contribution in [0.4, 0.5) is 0 Å². The van der Waals surface area contributed by atoms with Crippen molar-refractivity contribution in [3.63, 3.8) is 0 Å². The number of hydrogen-bond acceptors (Lipinski definition) is 5. The van der Waals surface area contributed by atoms with E-state index >= 15 is 0 Å². The molecule has 0 aromatic heterocycles. The van der Waals surface area contributed by atoms with Crippen molar-refractivity contribution in [1.29, 1.82) is 0 Å². The van der Waals surface area contributed by atoms with Gasteiger partial charge in [-0.1, -0.05) is 21.0 Å². The molecule has 0 aromatic rings. The SMILES string of the molecule is CCOC(=O)CCCBr.CCOC(=O)CCCN=[N+]=[N-].[N-]=[N+]=[N-].[Na+]. The molecule has 0 heterocycles. The van der Waals surface area contributed by atoms with Crippen molar-refractivity contribution < 1.29 is 48.6 Å². The topological polar surface area (TPSA) is 160 Å². The van der Waals surface area contributed by atoms with Gasteiger partial charge in [0.25, 0.3) is 0 Å². The molecule has 0 unspecified atom stereocenters. The van der Waals surface area contributed by atoms with Gasteiger partial charge in [-0.05, 0) is 32.2 Å². The molecular formula is C12H22BrN6NaO4. The Hall–Kier alpha value is -0.960. The van der Waals surface area contributed by atoms with E-state index in [1.807, 2.05) is 6.92 Å². The minimum Gasteiger partial charge on any atom is -0.466 e. The Morgan fingerprint density at radius 1 is 1.00 bits per heavy atom. The smallest absolute Gasteiger partial charge is 0.466 e. The van der Waals surface area contributed by atoms with E-state index in [1.165, 1.54) is 4.91 Å².